The molecule has 150 valence electrons. The molecule has 9 heteroatoms. The van der Waals surface area contributed by atoms with E-state index < -0.39 is 17.6 Å². The molecule has 0 radical (unpaired) electrons. The molecule has 0 fully saturated rings. The third kappa shape index (κ3) is 6.65. The Labute approximate surface area is 169 Å². The molecule has 0 heterocycles. The fraction of sp³-hybridized carbons (Fsp3) is 0.263. The molecule has 0 aliphatic carbocycles. The van der Waals surface area contributed by atoms with Crippen LogP contribution in [0.3, 0.4) is 0 Å². The third-order valence-electron chi connectivity index (χ3n) is 3.82. The number of hydrogen-bond donors (Lipinski definition) is 2. The number of rotatable bonds is 7. The second kappa shape index (κ2) is 9.70. The molecule has 0 atom stereocenters. The summed E-state index contributed by atoms with van der Waals surface area (Å²) in [4.78, 5) is 25.9. The van der Waals surface area contributed by atoms with Crippen molar-refractivity contribution in [1.29, 1.82) is 0 Å². The van der Waals surface area contributed by atoms with Crippen LogP contribution in [0.2, 0.25) is 0 Å². The molecule has 0 aromatic heterocycles. The van der Waals surface area contributed by atoms with Crippen molar-refractivity contribution in [3.63, 3.8) is 0 Å². The standard InChI is InChI=1S/C19H19BrF3N3O2/c1-2-26(11-17(27)24-14-9-7-13(20)8-10-14)12-18(28)25-16-6-4-3-5-15(16)19(21,22)23/h3-10H,2,11-12H2,1H3,(H,24,27)(H,25,28). The molecule has 28 heavy (non-hydrogen) atoms. The lowest BCUT2D eigenvalue weighted by Crippen LogP contribution is -2.38. The van der Waals surface area contributed by atoms with Gasteiger partial charge in [-0.15, -0.1) is 0 Å². The number of nitrogens with one attached hydrogen (secondary N) is 2. The summed E-state index contributed by atoms with van der Waals surface area (Å²) in [6.45, 7) is 1.85. The molecule has 0 unspecified atom stereocenters. The zero-order chi connectivity index (χ0) is 20.7. The Morgan fingerprint density at radius 1 is 0.964 bits per heavy atom. The van der Waals surface area contributed by atoms with E-state index in [2.05, 4.69) is 26.6 Å². The summed E-state index contributed by atoms with van der Waals surface area (Å²) in [5.74, 6) is -0.956. The fourth-order valence-electron chi connectivity index (χ4n) is 2.45. The SMILES string of the molecule is CCN(CC(=O)Nc1ccc(Br)cc1)CC(=O)Nc1ccccc1C(F)(F)F. The number of anilines is 2. The van der Waals surface area contributed by atoms with Gasteiger partial charge in [-0.25, -0.2) is 0 Å². The van der Waals surface area contributed by atoms with E-state index in [1.54, 1.807) is 31.2 Å². The van der Waals surface area contributed by atoms with Crippen molar-refractivity contribution < 1.29 is 22.8 Å². The number of carbonyl (C=O) groups excluding carboxylic acids is 2. The van der Waals surface area contributed by atoms with Crippen molar-refractivity contribution in [3.05, 3.63) is 58.6 Å². The lowest BCUT2D eigenvalue weighted by Gasteiger charge is -2.20. The predicted molar refractivity (Wildman–Crippen MR) is 105 cm³/mol. The first kappa shape index (κ1) is 21.9. The number of para-hydroxylation sites is 1. The topological polar surface area (TPSA) is 61.4 Å². The van der Waals surface area contributed by atoms with Gasteiger partial charge in [0.15, 0.2) is 0 Å². The van der Waals surface area contributed by atoms with Crippen LogP contribution in [0.25, 0.3) is 0 Å². The minimum atomic E-state index is -4.57. The highest BCUT2D eigenvalue weighted by Crippen LogP contribution is 2.34. The van der Waals surface area contributed by atoms with Gasteiger partial charge in [0.2, 0.25) is 11.8 Å². The first-order chi connectivity index (χ1) is 13.2. The lowest BCUT2D eigenvalue weighted by molar-refractivity contribution is -0.137. The summed E-state index contributed by atoms with van der Waals surface area (Å²) >= 11 is 3.30. The van der Waals surface area contributed by atoms with Crippen LogP contribution in [0, 0.1) is 0 Å². The second-order valence-corrected chi connectivity index (χ2v) is 6.87. The summed E-state index contributed by atoms with van der Waals surface area (Å²) in [5.41, 5.74) is -0.623. The fourth-order valence-corrected chi connectivity index (χ4v) is 2.71. The molecule has 2 aromatic rings. The van der Waals surface area contributed by atoms with E-state index in [4.69, 9.17) is 0 Å². The van der Waals surface area contributed by atoms with Gasteiger partial charge >= 0.3 is 6.18 Å². The highest BCUT2D eigenvalue weighted by Gasteiger charge is 2.33. The summed E-state index contributed by atoms with van der Waals surface area (Å²) in [6.07, 6.45) is -4.57. The highest BCUT2D eigenvalue weighted by molar-refractivity contribution is 9.10. The number of carbonyl (C=O) groups is 2. The summed E-state index contributed by atoms with van der Waals surface area (Å²) < 4.78 is 39.9. The maximum atomic E-state index is 13.0. The van der Waals surface area contributed by atoms with Crippen LogP contribution < -0.4 is 10.6 Å². The molecule has 2 N–H and O–H groups in total. The predicted octanol–water partition coefficient (Wildman–Crippen LogP) is 4.37. The molecule has 2 rings (SSSR count). The average molecular weight is 458 g/mol. The van der Waals surface area contributed by atoms with Gasteiger partial charge in [-0.2, -0.15) is 13.2 Å². The van der Waals surface area contributed by atoms with Gasteiger partial charge < -0.3 is 10.6 Å². The second-order valence-electron chi connectivity index (χ2n) is 5.95. The maximum absolute atomic E-state index is 13.0. The number of hydrogen-bond acceptors (Lipinski definition) is 3. The Bertz CT molecular complexity index is 826. The van der Waals surface area contributed by atoms with Crippen molar-refractivity contribution in [1.82, 2.24) is 4.90 Å². The monoisotopic (exact) mass is 457 g/mol. The van der Waals surface area contributed by atoms with E-state index in [1.807, 2.05) is 0 Å². The minimum Gasteiger partial charge on any atom is -0.325 e. The maximum Gasteiger partial charge on any atom is 0.418 e. The van der Waals surface area contributed by atoms with E-state index in [1.165, 1.54) is 23.1 Å². The normalized spacial score (nSPS) is 11.4. The van der Waals surface area contributed by atoms with Crippen LogP contribution in [0.4, 0.5) is 24.5 Å². The quantitative estimate of drug-likeness (QED) is 0.648. The van der Waals surface area contributed by atoms with Gasteiger partial charge in [-0.1, -0.05) is 35.0 Å². The van der Waals surface area contributed by atoms with Gasteiger partial charge in [0.25, 0.3) is 0 Å². The molecule has 0 spiro atoms. The van der Waals surface area contributed by atoms with Crippen molar-refractivity contribution >= 4 is 39.1 Å². The molecular formula is C19H19BrF3N3O2. The molecule has 0 saturated carbocycles. The van der Waals surface area contributed by atoms with Crippen LogP contribution in [-0.2, 0) is 15.8 Å². The van der Waals surface area contributed by atoms with Crippen LogP contribution >= 0.6 is 15.9 Å². The smallest absolute Gasteiger partial charge is 0.325 e. The van der Waals surface area contributed by atoms with Crippen molar-refractivity contribution in [2.75, 3.05) is 30.3 Å². The minimum absolute atomic E-state index is 0.0686. The Hall–Kier alpha value is -2.39. The first-order valence-electron chi connectivity index (χ1n) is 8.43. The number of benzene rings is 2. The van der Waals surface area contributed by atoms with Gasteiger partial charge in [0.05, 0.1) is 24.3 Å². The van der Waals surface area contributed by atoms with Crippen molar-refractivity contribution in [2.45, 2.75) is 13.1 Å². The molecule has 0 aliphatic rings. The van der Waals surface area contributed by atoms with Gasteiger partial charge in [-0.3, -0.25) is 14.5 Å². The number of nitrogens with zero attached hydrogens (tertiary/aromatic N) is 1. The molecular weight excluding hydrogens is 439 g/mol. The zero-order valence-electron chi connectivity index (χ0n) is 15.0. The molecule has 0 aliphatic heterocycles. The Kier molecular flexibility index (Phi) is 7.59. The molecule has 2 aromatic carbocycles. The van der Waals surface area contributed by atoms with Crippen molar-refractivity contribution in [3.8, 4) is 0 Å². The molecule has 0 saturated heterocycles. The van der Waals surface area contributed by atoms with Gasteiger partial charge in [0.1, 0.15) is 0 Å². The van der Waals surface area contributed by atoms with Crippen molar-refractivity contribution in [2.24, 2.45) is 0 Å². The molecule has 0 bridgehead atoms. The highest BCUT2D eigenvalue weighted by atomic mass is 79.9. The van der Waals surface area contributed by atoms with Gasteiger partial charge in [-0.05, 0) is 42.9 Å². The number of amides is 2. The van der Waals surface area contributed by atoms with E-state index in [0.29, 0.717) is 12.2 Å². The summed E-state index contributed by atoms with van der Waals surface area (Å²) in [5, 5.41) is 4.98. The number of alkyl halides is 3. The molecule has 5 nitrogen and oxygen atoms in total. The van der Waals surface area contributed by atoms with Crippen LogP contribution in [-0.4, -0.2) is 36.3 Å². The average Bonchev–Trinajstić information content (AvgIpc) is 2.62. The Morgan fingerprint density at radius 3 is 2.11 bits per heavy atom. The third-order valence-corrected chi connectivity index (χ3v) is 4.34. The zero-order valence-corrected chi connectivity index (χ0v) is 16.6. The van der Waals surface area contributed by atoms with Crippen LogP contribution in [0.1, 0.15) is 12.5 Å². The van der Waals surface area contributed by atoms with Crippen LogP contribution in [0.5, 0.6) is 0 Å². The van der Waals surface area contributed by atoms with Gasteiger partial charge in [0, 0.05) is 10.2 Å². The van der Waals surface area contributed by atoms with E-state index in [0.717, 1.165) is 10.5 Å². The molecule has 2 amide bonds. The Morgan fingerprint density at radius 2 is 1.54 bits per heavy atom. The Balaban J connectivity index is 1.94. The van der Waals surface area contributed by atoms with E-state index >= 15 is 0 Å². The first-order valence-corrected chi connectivity index (χ1v) is 9.22. The van der Waals surface area contributed by atoms with Crippen LogP contribution in [0.15, 0.2) is 53.0 Å². The number of halogens is 4. The van der Waals surface area contributed by atoms with E-state index in [9.17, 15) is 22.8 Å². The number of likely N-dealkylation sites (N-methyl/N-ethyl adjacent to an activating group) is 1. The lowest BCUT2D eigenvalue weighted by atomic mass is 10.1. The largest absolute Gasteiger partial charge is 0.418 e. The summed E-state index contributed by atoms with van der Waals surface area (Å²) in [7, 11) is 0. The van der Waals surface area contributed by atoms with E-state index in [-0.39, 0.29) is 24.7 Å². The summed E-state index contributed by atoms with van der Waals surface area (Å²) in [6, 6.07) is 11.8.